The highest BCUT2D eigenvalue weighted by Crippen LogP contribution is 2.24. The summed E-state index contributed by atoms with van der Waals surface area (Å²) >= 11 is 5.75. The van der Waals surface area contributed by atoms with Gasteiger partial charge in [-0.05, 0) is 23.8 Å². The smallest absolute Gasteiger partial charge is 0.371 e. The molecule has 1 aromatic carbocycles. The third-order valence-corrected chi connectivity index (χ3v) is 3.72. The zero-order valence-corrected chi connectivity index (χ0v) is 13.1. The Hall–Kier alpha value is -1.68. The van der Waals surface area contributed by atoms with E-state index in [4.69, 9.17) is 26.2 Å². The Labute approximate surface area is 142 Å². The molecular formula is C15H17ClO8. The van der Waals surface area contributed by atoms with Crippen molar-refractivity contribution >= 4 is 23.6 Å². The number of rotatable bonds is 5. The van der Waals surface area contributed by atoms with Gasteiger partial charge in [0.1, 0.15) is 24.4 Å². The number of ether oxygens (including phenoxy) is 2. The molecule has 132 valence electrons. The highest BCUT2D eigenvalue weighted by atomic mass is 35.5. The fourth-order valence-corrected chi connectivity index (χ4v) is 2.27. The Morgan fingerprint density at radius 1 is 1.17 bits per heavy atom. The van der Waals surface area contributed by atoms with Crippen LogP contribution in [0.25, 0.3) is 6.08 Å². The van der Waals surface area contributed by atoms with Crippen LogP contribution in [0.4, 0.5) is 0 Å². The monoisotopic (exact) mass is 360 g/mol. The number of carboxylic acids is 1. The van der Waals surface area contributed by atoms with Crippen LogP contribution in [0.1, 0.15) is 5.56 Å². The lowest BCUT2D eigenvalue weighted by atomic mass is 9.99. The number of hydrogen-bond donors (Lipinski definition) is 5. The maximum Gasteiger partial charge on any atom is 0.371 e. The van der Waals surface area contributed by atoms with Gasteiger partial charge in [0.2, 0.25) is 12.0 Å². The summed E-state index contributed by atoms with van der Waals surface area (Å²) < 4.78 is 10.2. The summed E-state index contributed by atoms with van der Waals surface area (Å²) in [6.07, 6.45) is -6.50. The minimum absolute atomic E-state index is 0.471. The lowest BCUT2D eigenvalue weighted by molar-refractivity contribution is -0.291. The average molecular weight is 361 g/mol. The van der Waals surface area contributed by atoms with E-state index < -0.39 is 49.0 Å². The van der Waals surface area contributed by atoms with Crippen molar-refractivity contribution in [2.75, 3.05) is 6.61 Å². The minimum atomic E-state index is -1.70. The molecule has 9 heteroatoms. The third-order valence-electron chi connectivity index (χ3n) is 3.47. The van der Waals surface area contributed by atoms with Crippen molar-refractivity contribution in [2.45, 2.75) is 30.7 Å². The predicted octanol–water partition coefficient (Wildman–Crippen LogP) is -0.418. The molecule has 0 aliphatic carbocycles. The second-order valence-electron chi connectivity index (χ2n) is 5.18. The third kappa shape index (κ3) is 4.23. The quantitative estimate of drug-likeness (QED) is 0.353. The van der Waals surface area contributed by atoms with Crippen LogP contribution in [0.5, 0.6) is 0 Å². The fraction of sp³-hybridized carbons (Fsp3) is 0.400. The van der Waals surface area contributed by atoms with Gasteiger partial charge >= 0.3 is 5.97 Å². The van der Waals surface area contributed by atoms with Crippen LogP contribution < -0.4 is 0 Å². The number of hydrogen-bond acceptors (Lipinski definition) is 7. The second kappa shape index (κ2) is 7.93. The Morgan fingerprint density at radius 3 is 2.33 bits per heavy atom. The van der Waals surface area contributed by atoms with Gasteiger partial charge in [0.15, 0.2) is 0 Å². The van der Waals surface area contributed by atoms with Gasteiger partial charge in [-0.1, -0.05) is 23.7 Å². The summed E-state index contributed by atoms with van der Waals surface area (Å²) in [6, 6.07) is 6.23. The van der Waals surface area contributed by atoms with E-state index in [1.54, 1.807) is 24.3 Å². The van der Waals surface area contributed by atoms with Crippen molar-refractivity contribution in [3.8, 4) is 0 Å². The van der Waals surface area contributed by atoms with Gasteiger partial charge in [0.25, 0.3) is 0 Å². The molecule has 5 atom stereocenters. The van der Waals surface area contributed by atoms with E-state index in [0.29, 0.717) is 10.6 Å². The van der Waals surface area contributed by atoms with E-state index >= 15 is 0 Å². The first-order valence-corrected chi connectivity index (χ1v) is 7.39. The first-order chi connectivity index (χ1) is 11.3. The van der Waals surface area contributed by atoms with Crippen molar-refractivity contribution in [1.29, 1.82) is 0 Å². The van der Waals surface area contributed by atoms with Crippen LogP contribution in [0.2, 0.25) is 5.02 Å². The van der Waals surface area contributed by atoms with E-state index in [9.17, 15) is 25.2 Å². The van der Waals surface area contributed by atoms with Gasteiger partial charge in [-0.2, -0.15) is 0 Å². The Balaban J connectivity index is 2.20. The number of carbonyl (C=O) groups is 1. The number of aliphatic hydroxyl groups is 4. The van der Waals surface area contributed by atoms with Crippen LogP contribution in [0.15, 0.2) is 30.0 Å². The van der Waals surface area contributed by atoms with Gasteiger partial charge in [-0.25, -0.2) is 4.79 Å². The topological polar surface area (TPSA) is 137 Å². The molecule has 1 aromatic rings. The largest absolute Gasteiger partial charge is 0.475 e. The SMILES string of the molecule is O=C(O)C(=Cc1ccc(Cl)cc1)O[C@H]1O[C@@H](CO)[C@@H](O)[C@@H](O)[C@@H]1O. The molecule has 0 saturated carbocycles. The second-order valence-corrected chi connectivity index (χ2v) is 5.62. The first kappa shape index (κ1) is 18.7. The van der Waals surface area contributed by atoms with E-state index in [2.05, 4.69) is 0 Å². The van der Waals surface area contributed by atoms with Crippen LogP contribution >= 0.6 is 11.6 Å². The lowest BCUT2D eigenvalue weighted by Gasteiger charge is -2.39. The van der Waals surface area contributed by atoms with Gasteiger partial charge in [-0.3, -0.25) is 0 Å². The molecule has 0 radical (unpaired) electrons. The Bertz CT molecular complexity index is 600. The molecule has 1 saturated heterocycles. The molecule has 0 unspecified atom stereocenters. The van der Waals surface area contributed by atoms with Gasteiger partial charge in [-0.15, -0.1) is 0 Å². The predicted molar refractivity (Wildman–Crippen MR) is 81.9 cm³/mol. The van der Waals surface area contributed by atoms with Crippen molar-refractivity contribution in [1.82, 2.24) is 0 Å². The molecule has 2 rings (SSSR count). The summed E-state index contributed by atoms with van der Waals surface area (Å²) in [5.41, 5.74) is 0.474. The van der Waals surface area contributed by atoms with Crippen LogP contribution in [0.3, 0.4) is 0 Å². The molecule has 8 nitrogen and oxygen atoms in total. The zero-order chi connectivity index (χ0) is 17.9. The minimum Gasteiger partial charge on any atom is -0.475 e. The number of aliphatic hydroxyl groups excluding tert-OH is 4. The molecule has 24 heavy (non-hydrogen) atoms. The van der Waals surface area contributed by atoms with E-state index in [0.717, 1.165) is 0 Å². The summed E-state index contributed by atoms with van der Waals surface area (Å²) in [6.45, 7) is -0.645. The highest BCUT2D eigenvalue weighted by Gasteiger charge is 2.45. The number of halogens is 1. The first-order valence-electron chi connectivity index (χ1n) is 7.01. The summed E-state index contributed by atoms with van der Waals surface area (Å²) in [5.74, 6) is -1.98. The average Bonchev–Trinajstić information content (AvgIpc) is 2.56. The number of benzene rings is 1. The molecule has 0 aromatic heterocycles. The summed E-state index contributed by atoms with van der Waals surface area (Å²) in [7, 11) is 0. The Kier molecular flexibility index (Phi) is 6.16. The maximum absolute atomic E-state index is 11.3. The number of carboxylic acid groups (broad SMARTS) is 1. The van der Waals surface area contributed by atoms with E-state index in [1.807, 2.05) is 0 Å². The Morgan fingerprint density at radius 2 is 1.79 bits per heavy atom. The normalized spacial score (nSPS) is 30.9. The van der Waals surface area contributed by atoms with Gasteiger partial charge < -0.3 is 35.0 Å². The van der Waals surface area contributed by atoms with Crippen LogP contribution in [0, 0.1) is 0 Å². The van der Waals surface area contributed by atoms with Crippen molar-refractivity contribution < 1.29 is 39.8 Å². The lowest BCUT2D eigenvalue weighted by Crippen LogP contribution is -2.59. The fourth-order valence-electron chi connectivity index (χ4n) is 2.15. The summed E-state index contributed by atoms with van der Waals surface area (Å²) in [4.78, 5) is 11.3. The highest BCUT2D eigenvalue weighted by molar-refractivity contribution is 6.30. The van der Waals surface area contributed by atoms with Crippen molar-refractivity contribution in [2.24, 2.45) is 0 Å². The van der Waals surface area contributed by atoms with Gasteiger partial charge in [0.05, 0.1) is 6.61 Å². The molecule has 0 amide bonds. The van der Waals surface area contributed by atoms with Crippen molar-refractivity contribution in [3.63, 3.8) is 0 Å². The van der Waals surface area contributed by atoms with E-state index in [-0.39, 0.29) is 0 Å². The molecule has 1 heterocycles. The molecule has 1 aliphatic heterocycles. The molecule has 1 aliphatic rings. The molecule has 1 fully saturated rings. The summed E-state index contributed by atoms with van der Waals surface area (Å²) in [5, 5.41) is 48.1. The molecular weight excluding hydrogens is 344 g/mol. The molecule has 0 spiro atoms. The van der Waals surface area contributed by atoms with Gasteiger partial charge in [0, 0.05) is 5.02 Å². The van der Waals surface area contributed by atoms with Crippen molar-refractivity contribution in [3.05, 3.63) is 40.6 Å². The zero-order valence-electron chi connectivity index (χ0n) is 12.3. The maximum atomic E-state index is 11.3. The molecule has 5 N–H and O–H groups in total. The van der Waals surface area contributed by atoms with Crippen LogP contribution in [-0.2, 0) is 14.3 Å². The molecule has 0 bridgehead atoms. The standard InChI is InChI=1S/C15H17ClO8/c16-8-3-1-7(2-4-8)5-9(14(21)22)23-15-13(20)12(19)11(18)10(6-17)24-15/h1-5,10-13,15,17-20H,6H2,(H,21,22)/t10-,11+,12+,13-,15-/m0/s1. The van der Waals surface area contributed by atoms with Crippen LogP contribution in [-0.4, -0.2) is 68.8 Å². The number of aliphatic carboxylic acids is 1. The van der Waals surface area contributed by atoms with E-state index in [1.165, 1.54) is 6.08 Å².